The van der Waals surface area contributed by atoms with Crippen LogP contribution in [0.25, 0.3) is 0 Å². The number of ether oxygens (including phenoxy) is 1. The fourth-order valence-electron chi connectivity index (χ4n) is 2.78. The van der Waals surface area contributed by atoms with Crippen LogP contribution in [-0.2, 0) is 16.1 Å². The highest BCUT2D eigenvalue weighted by molar-refractivity contribution is 5.97. The summed E-state index contributed by atoms with van der Waals surface area (Å²) < 4.78 is 5.25. The Morgan fingerprint density at radius 2 is 1.74 bits per heavy atom. The Kier molecular flexibility index (Phi) is 7.41. The molecule has 0 aliphatic rings. The van der Waals surface area contributed by atoms with E-state index in [1.54, 1.807) is 0 Å². The number of rotatable bonds is 7. The third kappa shape index (κ3) is 6.77. The number of benzene rings is 2. The largest absolute Gasteiger partial charge is 0.445 e. The molecule has 144 valence electrons. The zero-order chi connectivity index (χ0) is 19.8. The summed E-state index contributed by atoms with van der Waals surface area (Å²) in [5, 5.41) is 5.61. The number of carbonyl (C=O) groups excluding carboxylic acids is 2. The third-order valence-electron chi connectivity index (χ3n) is 4.17. The molecule has 0 saturated carbocycles. The molecule has 5 nitrogen and oxygen atoms in total. The number of carbonyl (C=O) groups is 2. The van der Waals surface area contributed by atoms with Crippen LogP contribution in [0.15, 0.2) is 48.5 Å². The Bertz CT molecular complexity index is 772. The minimum absolute atomic E-state index is 0.166. The van der Waals surface area contributed by atoms with Gasteiger partial charge < -0.3 is 15.4 Å². The zero-order valence-electron chi connectivity index (χ0n) is 16.4. The summed E-state index contributed by atoms with van der Waals surface area (Å²) >= 11 is 0. The van der Waals surface area contributed by atoms with E-state index in [0.29, 0.717) is 6.42 Å². The maximum Gasteiger partial charge on any atom is 0.408 e. The monoisotopic (exact) mass is 368 g/mol. The molecule has 0 saturated heterocycles. The van der Waals surface area contributed by atoms with Gasteiger partial charge in [0, 0.05) is 5.69 Å². The number of amides is 2. The first-order valence-electron chi connectivity index (χ1n) is 9.20. The molecule has 0 bridgehead atoms. The standard InChI is InChI=1S/C22H28N2O3/c1-15(2)12-20(21(25)23-19-11-10-16(3)13-17(19)4)24-22(26)27-14-18-8-6-5-7-9-18/h5-11,13,15,20H,12,14H2,1-4H3,(H,23,25)(H,24,26). The van der Waals surface area contributed by atoms with E-state index in [1.165, 1.54) is 0 Å². The fourth-order valence-corrected chi connectivity index (χ4v) is 2.78. The molecule has 0 aromatic heterocycles. The number of nitrogens with one attached hydrogen (secondary N) is 2. The highest BCUT2D eigenvalue weighted by atomic mass is 16.5. The molecule has 2 aromatic rings. The van der Waals surface area contributed by atoms with Crippen molar-refractivity contribution in [2.45, 2.75) is 46.8 Å². The van der Waals surface area contributed by atoms with Gasteiger partial charge >= 0.3 is 6.09 Å². The average Bonchev–Trinajstić information content (AvgIpc) is 2.62. The van der Waals surface area contributed by atoms with Gasteiger partial charge in [-0.05, 0) is 43.4 Å². The number of anilines is 1. The number of alkyl carbamates (subject to hydrolysis) is 1. The normalized spacial score (nSPS) is 11.7. The second kappa shape index (κ2) is 9.76. The lowest BCUT2D eigenvalue weighted by molar-refractivity contribution is -0.118. The highest BCUT2D eigenvalue weighted by Gasteiger charge is 2.23. The van der Waals surface area contributed by atoms with Crippen LogP contribution in [-0.4, -0.2) is 18.0 Å². The number of hydrogen-bond acceptors (Lipinski definition) is 3. The Labute approximate surface area is 161 Å². The van der Waals surface area contributed by atoms with Gasteiger partial charge in [-0.2, -0.15) is 0 Å². The fraction of sp³-hybridized carbons (Fsp3) is 0.364. The molecule has 2 N–H and O–H groups in total. The van der Waals surface area contributed by atoms with Crippen molar-refractivity contribution in [3.05, 3.63) is 65.2 Å². The van der Waals surface area contributed by atoms with E-state index in [9.17, 15) is 9.59 Å². The van der Waals surface area contributed by atoms with Gasteiger partial charge in [0.15, 0.2) is 0 Å². The van der Waals surface area contributed by atoms with Crippen molar-refractivity contribution in [2.75, 3.05) is 5.32 Å². The number of hydrogen-bond donors (Lipinski definition) is 2. The van der Waals surface area contributed by atoms with Gasteiger partial charge in [0.2, 0.25) is 5.91 Å². The molecule has 0 aliphatic carbocycles. The highest BCUT2D eigenvalue weighted by Crippen LogP contribution is 2.17. The zero-order valence-corrected chi connectivity index (χ0v) is 16.4. The maximum absolute atomic E-state index is 12.7. The lowest BCUT2D eigenvalue weighted by Crippen LogP contribution is -2.44. The Hall–Kier alpha value is -2.82. The van der Waals surface area contributed by atoms with Crippen LogP contribution in [0, 0.1) is 19.8 Å². The molecule has 0 aliphatic heterocycles. The van der Waals surface area contributed by atoms with Crippen LogP contribution in [0.2, 0.25) is 0 Å². The van der Waals surface area contributed by atoms with Crippen molar-refractivity contribution in [3.8, 4) is 0 Å². The van der Waals surface area contributed by atoms with Crippen LogP contribution < -0.4 is 10.6 Å². The molecule has 0 radical (unpaired) electrons. The first-order valence-corrected chi connectivity index (χ1v) is 9.20. The van der Waals surface area contributed by atoms with Crippen LogP contribution in [0.3, 0.4) is 0 Å². The molecule has 27 heavy (non-hydrogen) atoms. The summed E-state index contributed by atoms with van der Waals surface area (Å²) in [6.45, 7) is 8.13. The third-order valence-corrected chi connectivity index (χ3v) is 4.17. The van der Waals surface area contributed by atoms with Gasteiger partial charge in [-0.1, -0.05) is 61.9 Å². The van der Waals surface area contributed by atoms with Crippen molar-refractivity contribution in [1.82, 2.24) is 5.32 Å². The SMILES string of the molecule is Cc1ccc(NC(=O)C(CC(C)C)NC(=O)OCc2ccccc2)c(C)c1. The van der Waals surface area contributed by atoms with E-state index in [1.807, 2.05) is 76.2 Å². The van der Waals surface area contributed by atoms with Gasteiger partial charge in [-0.25, -0.2) is 4.79 Å². The van der Waals surface area contributed by atoms with Gasteiger partial charge in [0.05, 0.1) is 0 Å². The molecule has 0 spiro atoms. The van der Waals surface area contributed by atoms with Crippen LogP contribution in [0.1, 0.15) is 37.0 Å². The second-order valence-electron chi connectivity index (χ2n) is 7.20. The van der Waals surface area contributed by atoms with Crippen molar-refractivity contribution >= 4 is 17.7 Å². The van der Waals surface area contributed by atoms with E-state index >= 15 is 0 Å². The average molecular weight is 368 g/mol. The van der Waals surface area contributed by atoms with Crippen molar-refractivity contribution in [1.29, 1.82) is 0 Å². The Balaban J connectivity index is 1.98. The second-order valence-corrected chi connectivity index (χ2v) is 7.20. The first-order chi connectivity index (χ1) is 12.8. The van der Waals surface area contributed by atoms with Gasteiger partial charge in [0.1, 0.15) is 12.6 Å². The van der Waals surface area contributed by atoms with Gasteiger partial charge in [-0.15, -0.1) is 0 Å². The molecule has 2 amide bonds. The van der Waals surface area contributed by atoms with E-state index in [4.69, 9.17) is 4.74 Å². The lowest BCUT2D eigenvalue weighted by atomic mass is 10.0. The molecule has 1 atom stereocenters. The van der Waals surface area contributed by atoms with E-state index in [0.717, 1.165) is 22.4 Å². The lowest BCUT2D eigenvalue weighted by Gasteiger charge is -2.20. The molecule has 2 aromatic carbocycles. The quantitative estimate of drug-likeness (QED) is 0.751. The predicted octanol–water partition coefficient (Wildman–Crippen LogP) is 4.58. The summed E-state index contributed by atoms with van der Waals surface area (Å²) in [6, 6.07) is 14.6. The van der Waals surface area contributed by atoms with Crippen LogP contribution in [0.5, 0.6) is 0 Å². The van der Waals surface area contributed by atoms with E-state index < -0.39 is 12.1 Å². The molecular formula is C22H28N2O3. The summed E-state index contributed by atoms with van der Waals surface area (Å²) in [5.74, 6) is 0.00148. The minimum atomic E-state index is -0.658. The van der Waals surface area contributed by atoms with Crippen molar-refractivity contribution in [3.63, 3.8) is 0 Å². The van der Waals surface area contributed by atoms with Crippen LogP contribution >= 0.6 is 0 Å². The maximum atomic E-state index is 12.7. The molecule has 5 heteroatoms. The molecule has 0 heterocycles. The van der Waals surface area contributed by atoms with Crippen LogP contribution in [0.4, 0.5) is 10.5 Å². The molecular weight excluding hydrogens is 340 g/mol. The summed E-state index contributed by atoms with van der Waals surface area (Å²) in [4.78, 5) is 24.9. The predicted molar refractivity (Wildman–Crippen MR) is 108 cm³/mol. The summed E-state index contributed by atoms with van der Waals surface area (Å²) in [5.41, 5.74) is 3.76. The van der Waals surface area contributed by atoms with E-state index in [2.05, 4.69) is 10.6 Å². The first kappa shape index (κ1) is 20.5. The number of aryl methyl sites for hydroxylation is 2. The van der Waals surface area contributed by atoms with Crippen molar-refractivity contribution < 1.29 is 14.3 Å². The topological polar surface area (TPSA) is 67.4 Å². The molecule has 2 rings (SSSR count). The smallest absolute Gasteiger partial charge is 0.408 e. The summed E-state index contributed by atoms with van der Waals surface area (Å²) in [6.07, 6.45) is -0.0720. The Morgan fingerprint density at radius 1 is 1.04 bits per heavy atom. The van der Waals surface area contributed by atoms with E-state index in [-0.39, 0.29) is 18.4 Å². The van der Waals surface area contributed by atoms with Crippen molar-refractivity contribution in [2.24, 2.45) is 5.92 Å². The minimum Gasteiger partial charge on any atom is -0.445 e. The molecule has 0 fully saturated rings. The van der Waals surface area contributed by atoms with Gasteiger partial charge in [0.25, 0.3) is 0 Å². The summed E-state index contributed by atoms with van der Waals surface area (Å²) in [7, 11) is 0. The van der Waals surface area contributed by atoms with Gasteiger partial charge in [-0.3, -0.25) is 4.79 Å². The Morgan fingerprint density at radius 3 is 2.37 bits per heavy atom. The molecule has 1 unspecified atom stereocenters.